The van der Waals surface area contributed by atoms with Gasteiger partial charge < -0.3 is 23.5 Å². The van der Waals surface area contributed by atoms with Crippen LogP contribution in [0.4, 0.5) is 0 Å². The van der Waals surface area contributed by atoms with Gasteiger partial charge in [-0.2, -0.15) is 0 Å². The van der Waals surface area contributed by atoms with Crippen LogP contribution in [0.5, 0.6) is 0 Å². The molecule has 0 amide bonds. The third kappa shape index (κ3) is 3.66. The van der Waals surface area contributed by atoms with Gasteiger partial charge in [0.2, 0.25) is 0 Å². The third-order valence-corrected chi connectivity index (χ3v) is 4.38. The van der Waals surface area contributed by atoms with E-state index in [1.165, 1.54) is 21.3 Å². The van der Waals surface area contributed by atoms with E-state index in [9.17, 15) is 14.4 Å². The quantitative estimate of drug-likeness (QED) is 0.414. The summed E-state index contributed by atoms with van der Waals surface area (Å²) in [6.45, 7) is 0. The number of methoxy groups -OCH3 is 3. The topological polar surface area (TPSA) is 97.4 Å². The van der Waals surface area contributed by atoms with E-state index in [-0.39, 0.29) is 17.7 Å². The van der Waals surface area contributed by atoms with Gasteiger partial charge in [0, 0.05) is 5.82 Å². The molecule has 1 saturated carbocycles. The van der Waals surface area contributed by atoms with E-state index < -0.39 is 31.3 Å². The van der Waals surface area contributed by atoms with Gasteiger partial charge in [-0.1, -0.05) is 19.3 Å². The van der Waals surface area contributed by atoms with E-state index in [1.54, 1.807) is 0 Å². The van der Waals surface area contributed by atoms with Crippen LogP contribution < -0.4 is 0 Å². The normalized spacial score (nSPS) is 30.7. The Morgan fingerprint density at radius 2 is 1.30 bits per heavy atom. The number of esters is 3. The zero-order chi connectivity index (χ0) is 17.0. The fraction of sp³-hybridized carbons (Fsp3) is 0.786. The van der Waals surface area contributed by atoms with Crippen molar-refractivity contribution < 1.29 is 37.9 Å². The standard InChI is InChI=1S/C14H21BO8/c1-19-12(16)8-6-4-5-7-9(8)15-22-10(13(17)20-2)11(23-15)14(18)21-3/h8-11H,4-7H2,1-3H3/t8-,9+,10+,11+/m1/s1. The van der Waals surface area contributed by atoms with Crippen LogP contribution in [0.25, 0.3) is 0 Å². The van der Waals surface area contributed by atoms with Crippen LogP contribution >= 0.6 is 0 Å². The van der Waals surface area contributed by atoms with Gasteiger partial charge in [-0.15, -0.1) is 0 Å². The first-order valence-electron chi connectivity index (χ1n) is 7.57. The Morgan fingerprint density at radius 1 is 0.826 bits per heavy atom. The van der Waals surface area contributed by atoms with Crippen molar-refractivity contribution in [1.82, 2.24) is 0 Å². The Bertz CT molecular complexity index is 444. The number of rotatable bonds is 4. The summed E-state index contributed by atoms with van der Waals surface area (Å²) in [6, 6.07) is 0. The zero-order valence-electron chi connectivity index (χ0n) is 13.5. The molecule has 0 N–H and O–H groups in total. The molecule has 1 saturated heterocycles. The van der Waals surface area contributed by atoms with Gasteiger partial charge in [-0.3, -0.25) is 4.79 Å². The van der Waals surface area contributed by atoms with Crippen molar-refractivity contribution in [3.05, 3.63) is 0 Å². The van der Waals surface area contributed by atoms with Crippen molar-refractivity contribution in [2.45, 2.75) is 43.7 Å². The van der Waals surface area contributed by atoms with Gasteiger partial charge in [-0.25, -0.2) is 9.59 Å². The summed E-state index contributed by atoms with van der Waals surface area (Å²) in [4.78, 5) is 35.6. The lowest BCUT2D eigenvalue weighted by atomic mass is 9.59. The summed E-state index contributed by atoms with van der Waals surface area (Å²) in [7, 11) is 2.88. The van der Waals surface area contributed by atoms with Crippen molar-refractivity contribution in [3.8, 4) is 0 Å². The van der Waals surface area contributed by atoms with E-state index in [0.29, 0.717) is 12.8 Å². The molecular formula is C14H21BO8. The fourth-order valence-electron chi connectivity index (χ4n) is 3.19. The number of hydrogen-bond donors (Lipinski definition) is 0. The Morgan fingerprint density at radius 3 is 1.78 bits per heavy atom. The van der Waals surface area contributed by atoms with Crippen LogP contribution in [0, 0.1) is 5.92 Å². The summed E-state index contributed by atoms with van der Waals surface area (Å²) in [6.07, 6.45) is 0.769. The first kappa shape index (κ1) is 17.7. The molecule has 23 heavy (non-hydrogen) atoms. The van der Waals surface area contributed by atoms with Crippen molar-refractivity contribution in [1.29, 1.82) is 0 Å². The second-order valence-electron chi connectivity index (χ2n) is 5.61. The lowest BCUT2D eigenvalue weighted by molar-refractivity contribution is -0.160. The number of carbonyl (C=O) groups excluding carboxylic acids is 3. The highest BCUT2D eigenvalue weighted by molar-refractivity contribution is 6.48. The Labute approximate surface area is 134 Å². The van der Waals surface area contributed by atoms with Crippen LogP contribution in [0.3, 0.4) is 0 Å². The number of hydrogen-bond acceptors (Lipinski definition) is 8. The number of carbonyl (C=O) groups is 3. The Hall–Kier alpha value is -1.61. The SMILES string of the molecule is COC(=O)[C@H]1OB([C@H]2CCCC[C@H]2C(=O)OC)O[C@@H]1C(=O)OC. The van der Waals surface area contributed by atoms with E-state index in [1.807, 2.05) is 0 Å². The Balaban J connectivity index is 2.17. The first-order chi connectivity index (χ1) is 11.0. The molecule has 0 aromatic heterocycles. The van der Waals surface area contributed by atoms with E-state index >= 15 is 0 Å². The minimum Gasteiger partial charge on any atom is -0.469 e. The van der Waals surface area contributed by atoms with Gasteiger partial charge in [-0.05, 0) is 6.42 Å². The molecule has 0 aromatic rings. The third-order valence-electron chi connectivity index (χ3n) is 4.38. The molecule has 0 aromatic carbocycles. The smallest absolute Gasteiger partial charge is 0.462 e. The maximum Gasteiger partial charge on any atom is 0.462 e. The predicted molar refractivity (Wildman–Crippen MR) is 77.3 cm³/mol. The maximum absolute atomic E-state index is 12.0. The van der Waals surface area contributed by atoms with Gasteiger partial charge in [0.1, 0.15) is 0 Å². The van der Waals surface area contributed by atoms with Crippen LogP contribution in [-0.4, -0.2) is 58.6 Å². The molecule has 128 valence electrons. The summed E-state index contributed by atoms with van der Waals surface area (Å²) in [5.41, 5.74) is 0. The highest BCUT2D eigenvalue weighted by Gasteiger charge is 2.54. The van der Waals surface area contributed by atoms with Gasteiger partial charge in [0.15, 0.2) is 12.2 Å². The highest BCUT2D eigenvalue weighted by Crippen LogP contribution is 2.41. The first-order valence-corrected chi connectivity index (χ1v) is 7.57. The second-order valence-corrected chi connectivity index (χ2v) is 5.61. The van der Waals surface area contributed by atoms with E-state index in [2.05, 4.69) is 9.47 Å². The average molecular weight is 328 g/mol. The van der Waals surface area contributed by atoms with Crippen LogP contribution in [0.15, 0.2) is 0 Å². The van der Waals surface area contributed by atoms with Crippen LogP contribution in [-0.2, 0) is 37.9 Å². The van der Waals surface area contributed by atoms with E-state index in [4.69, 9.17) is 14.0 Å². The van der Waals surface area contributed by atoms with Crippen molar-refractivity contribution in [3.63, 3.8) is 0 Å². The van der Waals surface area contributed by atoms with Gasteiger partial charge in [0.05, 0.1) is 27.2 Å². The predicted octanol–water partition coefficient (Wildman–Crippen LogP) is 0.338. The van der Waals surface area contributed by atoms with Crippen molar-refractivity contribution in [2.75, 3.05) is 21.3 Å². The highest BCUT2D eigenvalue weighted by atomic mass is 16.7. The van der Waals surface area contributed by atoms with Crippen molar-refractivity contribution >= 4 is 25.0 Å². The zero-order valence-corrected chi connectivity index (χ0v) is 13.5. The molecule has 0 unspecified atom stereocenters. The monoisotopic (exact) mass is 328 g/mol. The molecule has 0 bridgehead atoms. The summed E-state index contributed by atoms with van der Waals surface area (Å²) in [5.74, 6) is -2.42. The van der Waals surface area contributed by atoms with Gasteiger partial charge >= 0.3 is 25.0 Å². The van der Waals surface area contributed by atoms with Crippen LogP contribution in [0.2, 0.25) is 5.82 Å². The molecule has 2 aliphatic rings. The number of ether oxygens (including phenoxy) is 3. The van der Waals surface area contributed by atoms with Crippen molar-refractivity contribution in [2.24, 2.45) is 5.92 Å². The lowest BCUT2D eigenvalue weighted by Crippen LogP contribution is -2.38. The maximum atomic E-state index is 12.0. The summed E-state index contributed by atoms with van der Waals surface area (Å²) >= 11 is 0. The molecule has 2 fully saturated rings. The molecule has 0 radical (unpaired) electrons. The second kappa shape index (κ2) is 7.78. The van der Waals surface area contributed by atoms with Gasteiger partial charge in [0.25, 0.3) is 0 Å². The summed E-state index contributed by atoms with van der Waals surface area (Å²) in [5, 5.41) is 0. The largest absolute Gasteiger partial charge is 0.469 e. The Kier molecular flexibility index (Phi) is 6.00. The minimum atomic E-state index is -1.20. The molecule has 2 rings (SSSR count). The lowest BCUT2D eigenvalue weighted by Gasteiger charge is -2.30. The molecule has 9 heteroatoms. The molecule has 1 heterocycles. The molecule has 8 nitrogen and oxygen atoms in total. The summed E-state index contributed by atoms with van der Waals surface area (Å²) < 4.78 is 25.3. The average Bonchev–Trinajstić information content (AvgIpc) is 3.04. The molecule has 0 spiro atoms. The van der Waals surface area contributed by atoms with E-state index in [0.717, 1.165) is 12.8 Å². The minimum absolute atomic E-state index is 0.280. The molecule has 4 atom stereocenters. The molecule has 1 aliphatic heterocycles. The molecular weight excluding hydrogens is 307 g/mol. The van der Waals surface area contributed by atoms with Crippen LogP contribution in [0.1, 0.15) is 25.7 Å². The fourth-order valence-corrected chi connectivity index (χ4v) is 3.19. The molecule has 1 aliphatic carbocycles.